The Morgan fingerprint density at radius 3 is 1.97 bits per heavy atom. The zero-order valence-corrected chi connectivity index (χ0v) is 24.5. The van der Waals surface area contributed by atoms with Crippen molar-refractivity contribution in [3.8, 4) is 0 Å². The van der Waals surface area contributed by atoms with Crippen molar-refractivity contribution in [3.63, 3.8) is 0 Å². The van der Waals surface area contributed by atoms with Crippen LogP contribution < -0.4 is 40.0 Å². The Kier molecular flexibility index (Phi) is 26.9. The molecule has 0 atom stereocenters. The van der Waals surface area contributed by atoms with Gasteiger partial charge in [0.1, 0.15) is 0 Å². The monoisotopic (exact) mass is 490 g/mol. The van der Waals surface area contributed by atoms with E-state index in [9.17, 15) is 9.90 Å². The van der Waals surface area contributed by atoms with E-state index in [2.05, 4.69) is 37.1 Å². The van der Waals surface area contributed by atoms with Crippen LogP contribution in [0.25, 0.3) is 10.2 Å². The van der Waals surface area contributed by atoms with Gasteiger partial charge in [0.25, 0.3) is 0 Å². The molecule has 7 heteroatoms. The van der Waals surface area contributed by atoms with Gasteiger partial charge < -0.3 is 20.2 Å². The molecule has 0 saturated carbocycles. The van der Waals surface area contributed by atoms with Gasteiger partial charge in [-0.25, -0.2) is 0 Å². The first-order valence-electron chi connectivity index (χ1n) is 12.0. The zero-order chi connectivity index (χ0) is 23.2. The van der Waals surface area contributed by atoms with Gasteiger partial charge in [-0.2, -0.15) is 0 Å². The third kappa shape index (κ3) is 21.6. The largest absolute Gasteiger partial charge is 1.00 e. The van der Waals surface area contributed by atoms with Crippen molar-refractivity contribution in [1.82, 2.24) is 10.3 Å². The van der Waals surface area contributed by atoms with Crippen molar-refractivity contribution in [2.75, 3.05) is 13.1 Å². The zero-order valence-electron chi connectivity index (χ0n) is 20.8. The summed E-state index contributed by atoms with van der Waals surface area (Å²) < 4.78 is 2.08. The van der Waals surface area contributed by atoms with Crippen molar-refractivity contribution in [2.24, 2.45) is 0 Å². The Bertz CT molecular complexity index is 677. The van der Waals surface area contributed by atoms with Gasteiger partial charge in [0.15, 0.2) is 3.95 Å². The van der Waals surface area contributed by atoms with Gasteiger partial charge in [0, 0.05) is 5.97 Å². The predicted molar refractivity (Wildman–Crippen MR) is 137 cm³/mol. The molecule has 0 bridgehead atoms. The second-order valence-electron chi connectivity index (χ2n) is 7.71. The van der Waals surface area contributed by atoms with Gasteiger partial charge in [0.2, 0.25) is 0 Å². The summed E-state index contributed by atoms with van der Waals surface area (Å²) in [5, 5.41) is 13.4. The van der Waals surface area contributed by atoms with Gasteiger partial charge in [0.05, 0.1) is 10.2 Å². The Labute approximate surface area is 227 Å². The molecule has 0 unspecified atom stereocenters. The van der Waals surface area contributed by atoms with E-state index >= 15 is 0 Å². The summed E-state index contributed by atoms with van der Waals surface area (Å²) in [6.07, 6.45) is 13.6. The van der Waals surface area contributed by atoms with Crippen LogP contribution in [0.2, 0.25) is 0 Å². The second kappa shape index (κ2) is 25.4. The number of para-hydroxylation sites is 1. The first-order chi connectivity index (χ1) is 15.0. The Hall–Kier alpha value is -0.240. The van der Waals surface area contributed by atoms with Gasteiger partial charge in [-0.05, 0) is 63.1 Å². The molecule has 0 amide bonds. The first-order valence-corrected chi connectivity index (χ1v) is 13.3. The number of aromatic nitrogens is 1. The number of thiazole rings is 1. The molecule has 1 heterocycles. The Balaban J connectivity index is 0. The number of benzene rings is 1. The van der Waals surface area contributed by atoms with Crippen LogP contribution in [0.3, 0.4) is 0 Å². The fourth-order valence-electron chi connectivity index (χ4n) is 2.85. The number of aliphatic carboxylic acids is 1. The summed E-state index contributed by atoms with van der Waals surface area (Å²) >= 11 is 6.59. The quantitative estimate of drug-likeness (QED) is 0.238. The van der Waals surface area contributed by atoms with E-state index in [4.69, 9.17) is 12.2 Å². The number of carbonyl (C=O) groups excluding carboxylic acids is 1. The van der Waals surface area contributed by atoms with Gasteiger partial charge in [-0.15, -0.1) is 11.3 Å². The third-order valence-electron chi connectivity index (χ3n) is 4.73. The minimum atomic E-state index is -0.913. The molecule has 32 heavy (non-hydrogen) atoms. The standard InChI is InChI=1S/C10H20O2.C8H19N.C7H5NS2.Na/c1-2-3-4-5-6-7-8-9-10(11)12;1-3-5-7-9-8-6-4-2;9-7-8-5-3-1-2-4-6(5)10-7;/h2-9H2,1H3,(H,11,12);9H,3-8H2,1-2H3;1-4H,(H,8,9);/q;;;+1/p-1. The van der Waals surface area contributed by atoms with E-state index in [1.165, 1.54) is 75.6 Å². The Morgan fingerprint density at radius 1 is 0.906 bits per heavy atom. The van der Waals surface area contributed by atoms with E-state index in [0.717, 1.165) is 22.3 Å². The normalized spacial score (nSPS) is 9.84. The number of H-pyrrole nitrogens is 1. The summed E-state index contributed by atoms with van der Waals surface area (Å²) in [7, 11) is 0. The fraction of sp³-hybridized carbons (Fsp3) is 0.680. The molecule has 2 aromatic rings. The van der Waals surface area contributed by atoms with Crippen LogP contribution in [-0.2, 0) is 4.79 Å². The average molecular weight is 491 g/mol. The molecule has 1 aromatic carbocycles. The second-order valence-corrected chi connectivity index (χ2v) is 9.43. The van der Waals surface area contributed by atoms with Crippen LogP contribution in [0.4, 0.5) is 0 Å². The SMILES string of the molecule is CCCCCCCCCC(=O)[O-].CCCCNCCCC.S=c1[nH]c2ccccc2s1.[Na+]. The van der Waals surface area contributed by atoms with Gasteiger partial charge in [-0.1, -0.05) is 84.3 Å². The summed E-state index contributed by atoms with van der Waals surface area (Å²) in [5.74, 6) is -0.913. The number of fused-ring (bicyclic) bond motifs is 1. The first kappa shape index (κ1) is 33.9. The number of unbranched alkanes of at least 4 members (excludes halogenated alkanes) is 8. The summed E-state index contributed by atoms with van der Waals surface area (Å²) in [6.45, 7) is 9.05. The summed E-state index contributed by atoms with van der Waals surface area (Å²) in [6, 6.07) is 8.11. The van der Waals surface area contributed by atoms with Crippen molar-refractivity contribution in [1.29, 1.82) is 0 Å². The van der Waals surface area contributed by atoms with Crippen LogP contribution in [0.15, 0.2) is 24.3 Å². The molecule has 178 valence electrons. The maximum atomic E-state index is 10.0. The topological polar surface area (TPSA) is 67.9 Å². The minimum Gasteiger partial charge on any atom is -0.550 e. The number of carbonyl (C=O) groups is 1. The molecule has 0 radical (unpaired) electrons. The number of carboxylic acids is 1. The number of nitrogens with one attached hydrogen (secondary N) is 2. The van der Waals surface area contributed by atoms with Crippen LogP contribution in [-0.4, -0.2) is 24.0 Å². The smallest absolute Gasteiger partial charge is 0.550 e. The molecule has 2 rings (SSSR count). The molecule has 0 aliphatic carbocycles. The fourth-order valence-corrected chi connectivity index (χ4v) is 3.96. The molecule has 0 saturated heterocycles. The molecule has 0 aliphatic rings. The van der Waals surface area contributed by atoms with Crippen LogP contribution in [0, 0.1) is 3.95 Å². The molecular weight excluding hydrogens is 447 g/mol. The van der Waals surface area contributed by atoms with E-state index in [0.29, 0.717) is 0 Å². The third-order valence-corrected chi connectivity index (χ3v) is 5.94. The maximum Gasteiger partial charge on any atom is 1.00 e. The van der Waals surface area contributed by atoms with E-state index in [-0.39, 0.29) is 36.0 Å². The van der Waals surface area contributed by atoms with E-state index in [1.54, 1.807) is 11.3 Å². The van der Waals surface area contributed by atoms with Crippen molar-refractivity contribution >= 4 is 39.7 Å². The number of hydrogen-bond acceptors (Lipinski definition) is 5. The average Bonchev–Trinajstić information content (AvgIpc) is 3.14. The van der Waals surface area contributed by atoms with Gasteiger partial charge in [-0.3, -0.25) is 0 Å². The number of hydrogen-bond donors (Lipinski definition) is 2. The maximum absolute atomic E-state index is 10.0. The predicted octanol–water partition coefficient (Wildman–Crippen LogP) is 4.02. The number of aromatic amines is 1. The summed E-state index contributed by atoms with van der Waals surface area (Å²) in [4.78, 5) is 13.1. The van der Waals surface area contributed by atoms with Crippen molar-refractivity contribution in [2.45, 2.75) is 97.8 Å². The number of rotatable bonds is 14. The molecule has 1 aromatic heterocycles. The molecule has 0 spiro atoms. The Morgan fingerprint density at radius 2 is 1.44 bits per heavy atom. The van der Waals surface area contributed by atoms with Crippen LogP contribution in [0.5, 0.6) is 0 Å². The molecule has 2 N–H and O–H groups in total. The summed E-state index contributed by atoms with van der Waals surface area (Å²) in [5.41, 5.74) is 1.14. The number of carboxylic acid groups (broad SMARTS) is 1. The minimum absolute atomic E-state index is 0. The molecule has 0 aliphatic heterocycles. The van der Waals surface area contributed by atoms with Crippen molar-refractivity contribution < 1.29 is 39.5 Å². The van der Waals surface area contributed by atoms with E-state index in [1.807, 2.05) is 18.2 Å². The molecule has 0 fully saturated rings. The van der Waals surface area contributed by atoms with Crippen LogP contribution in [0.1, 0.15) is 97.8 Å². The van der Waals surface area contributed by atoms with Gasteiger partial charge >= 0.3 is 29.6 Å². The molecular formula is C25H43N2NaO2S2. The van der Waals surface area contributed by atoms with Crippen LogP contribution >= 0.6 is 23.6 Å². The van der Waals surface area contributed by atoms with Crippen molar-refractivity contribution in [3.05, 3.63) is 28.2 Å². The molecule has 4 nitrogen and oxygen atoms in total. The van der Waals surface area contributed by atoms with E-state index < -0.39 is 5.97 Å².